The van der Waals surface area contributed by atoms with Crippen LogP contribution in [0.5, 0.6) is 0 Å². The van der Waals surface area contributed by atoms with Gasteiger partial charge in [0.15, 0.2) is 0 Å². The van der Waals surface area contributed by atoms with Crippen molar-refractivity contribution >= 4 is 33.2 Å². The quantitative estimate of drug-likeness (QED) is 0.818. The second-order valence-electron chi connectivity index (χ2n) is 3.11. The van der Waals surface area contributed by atoms with Crippen molar-refractivity contribution in [1.29, 1.82) is 0 Å². The summed E-state index contributed by atoms with van der Waals surface area (Å²) in [5.74, 6) is -0.294. The number of halogens is 1. The number of hydrogen-bond acceptors (Lipinski definition) is 4. The summed E-state index contributed by atoms with van der Waals surface area (Å²) in [6.45, 7) is 0.660. The lowest BCUT2D eigenvalue weighted by Crippen LogP contribution is -1.98. The van der Waals surface area contributed by atoms with Crippen molar-refractivity contribution in [3.8, 4) is 0 Å². The van der Waals surface area contributed by atoms with Crippen LogP contribution in [0.3, 0.4) is 0 Å². The topological polar surface area (TPSA) is 44.1 Å². The van der Waals surface area contributed by atoms with Crippen molar-refractivity contribution in [1.82, 2.24) is 9.78 Å². The van der Waals surface area contributed by atoms with Gasteiger partial charge in [-0.15, -0.1) is 11.3 Å². The summed E-state index contributed by atoms with van der Waals surface area (Å²) in [4.78, 5) is 12.9. The number of thiophene rings is 1. The summed E-state index contributed by atoms with van der Waals surface area (Å²) in [5, 5.41) is 4.15. The van der Waals surface area contributed by atoms with Crippen LogP contribution >= 0.6 is 27.3 Å². The van der Waals surface area contributed by atoms with Gasteiger partial charge in [-0.05, 0) is 28.1 Å². The van der Waals surface area contributed by atoms with Gasteiger partial charge in [0.25, 0.3) is 0 Å². The normalized spacial score (nSPS) is 10.4. The fourth-order valence-electron chi connectivity index (χ4n) is 1.26. The highest BCUT2D eigenvalue weighted by molar-refractivity contribution is 9.10. The largest absolute Gasteiger partial charge is 0.465 e. The Hall–Kier alpha value is -1.14. The first-order chi connectivity index (χ1) is 7.69. The standard InChI is InChI=1S/C10H9BrN2O2S/c1-15-10(14)9-3-2-8(16-9)6-13-5-7(11)4-12-13/h2-5H,6H2,1H3. The number of hydrogen-bond donors (Lipinski definition) is 0. The molecular formula is C10H9BrN2O2S. The minimum Gasteiger partial charge on any atom is -0.465 e. The predicted octanol–water partition coefficient (Wildman–Crippen LogP) is 2.54. The van der Waals surface area contributed by atoms with Gasteiger partial charge in [-0.2, -0.15) is 5.10 Å². The molecule has 0 aliphatic rings. The van der Waals surface area contributed by atoms with Crippen LogP contribution in [0, 0.1) is 0 Å². The number of carbonyl (C=O) groups excluding carboxylic acids is 1. The Bertz CT molecular complexity index is 506. The van der Waals surface area contributed by atoms with Gasteiger partial charge >= 0.3 is 5.97 Å². The van der Waals surface area contributed by atoms with E-state index in [2.05, 4.69) is 25.8 Å². The predicted molar refractivity (Wildman–Crippen MR) is 64.7 cm³/mol. The van der Waals surface area contributed by atoms with Crippen LogP contribution in [-0.2, 0) is 11.3 Å². The summed E-state index contributed by atoms with van der Waals surface area (Å²) < 4.78 is 7.39. The molecule has 0 aliphatic heterocycles. The molecule has 0 N–H and O–H groups in total. The highest BCUT2D eigenvalue weighted by Crippen LogP contribution is 2.18. The number of rotatable bonds is 3. The van der Waals surface area contributed by atoms with Crippen LogP contribution in [0.25, 0.3) is 0 Å². The Morgan fingerprint density at radius 3 is 3.06 bits per heavy atom. The molecule has 6 heteroatoms. The van der Waals surface area contributed by atoms with Crippen LogP contribution in [0.2, 0.25) is 0 Å². The maximum absolute atomic E-state index is 11.2. The van der Waals surface area contributed by atoms with E-state index >= 15 is 0 Å². The van der Waals surface area contributed by atoms with Crippen LogP contribution in [0.1, 0.15) is 14.5 Å². The molecule has 0 atom stereocenters. The van der Waals surface area contributed by atoms with Gasteiger partial charge in [0.2, 0.25) is 0 Å². The van der Waals surface area contributed by atoms with E-state index in [-0.39, 0.29) is 5.97 Å². The van der Waals surface area contributed by atoms with E-state index < -0.39 is 0 Å². The lowest BCUT2D eigenvalue weighted by Gasteiger charge is -1.96. The third kappa shape index (κ3) is 2.51. The highest BCUT2D eigenvalue weighted by atomic mass is 79.9. The minimum absolute atomic E-state index is 0.294. The summed E-state index contributed by atoms with van der Waals surface area (Å²) in [7, 11) is 1.38. The summed E-state index contributed by atoms with van der Waals surface area (Å²) >= 11 is 4.75. The minimum atomic E-state index is -0.294. The molecule has 2 aromatic heterocycles. The van der Waals surface area contributed by atoms with Crippen LogP contribution in [0.15, 0.2) is 29.0 Å². The van der Waals surface area contributed by atoms with Gasteiger partial charge in [0.1, 0.15) is 4.88 Å². The Balaban J connectivity index is 2.11. The second kappa shape index (κ2) is 4.80. The van der Waals surface area contributed by atoms with E-state index in [0.717, 1.165) is 9.35 Å². The van der Waals surface area contributed by atoms with E-state index in [0.29, 0.717) is 11.4 Å². The third-order valence-electron chi connectivity index (χ3n) is 1.97. The molecule has 0 amide bonds. The first-order valence-electron chi connectivity index (χ1n) is 4.54. The number of esters is 1. The fraction of sp³-hybridized carbons (Fsp3) is 0.200. The zero-order valence-electron chi connectivity index (χ0n) is 8.51. The number of carbonyl (C=O) groups is 1. The molecule has 0 aromatic carbocycles. The zero-order chi connectivity index (χ0) is 11.5. The Morgan fingerprint density at radius 1 is 1.62 bits per heavy atom. The van der Waals surface area contributed by atoms with Crippen LogP contribution in [-0.4, -0.2) is 22.9 Å². The average molecular weight is 301 g/mol. The van der Waals surface area contributed by atoms with Crippen molar-refractivity contribution in [2.24, 2.45) is 0 Å². The van der Waals surface area contributed by atoms with Gasteiger partial charge in [-0.1, -0.05) is 0 Å². The van der Waals surface area contributed by atoms with Crippen LogP contribution in [0.4, 0.5) is 0 Å². The molecular weight excluding hydrogens is 292 g/mol. The van der Waals surface area contributed by atoms with E-state index in [1.807, 2.05) is 12.3 Å². The smallest absolute Gasteiger partial charge is 0.348 e. The number of nitrogens with zero attached hydrogens (tertiary/aromatic N) is 2. The monoisotopic (exact) mass is 300 g/mol. The van der Waals surface area contributed by atoms with E-state index in [9.17, 15) is 4.79 Å². The van der Waals surface area contributed by atoms with Crippen molar-refractivity contribution < 1.29 is 9.53 Å². The fourth-order valence-corrected chi connectivity index (χ4v) is 2.50. The molecule has 2 heterocycles. The second-order valence-corrected chi connectivity index (χ2v) is 5.20. The lowest BCUT2D eigenvalue weighted by atomic mass is 10.4. The van der Waals surface area contributed by atoms with Crippen molar-refractivity contribution in [2.75, 3.05) is 7.11 Å². The average Bonchev–Trinajstić information content (AvgIpc) is 2.87. The van der Waals surface area contributed by atoms with Crippen LogP contribution < -0.4 is 0 Å². The van der Waals surface area contributed by atoms with Gasteiger partial charge < -0.3 is 4.74 Å². The molecule has 16 heavy (non-hydrogen) atoms. The summed E-state index contributed by atoms with van der Waals surface area (Å²) in [6.07, 6.45) is 3.62. The number of aromatic nitrogens is 2. The zero-order valence-corrected chi connectivity index (χ0v) is 10.9. The first-order valence-corrected chi connectivity index (χ1v) is 6.15. The molecule has 0 bridgehead atoms. The molecule has 0 aliphatic carbocycles. The summed E-state index contributed by atoms with van der Waals surface area (Å²) in [6, 6.07) is 3.68. The number of ether oxygens (including phenoxy) is 1. The molecule has 0 spiro atoms. The molecule has 0 saturated heterocycles. The Kier molecular flexibility index (Phi) is 3.40. The molecule has 2 aromatic rings. The number of methoxy groups -OCH3 is 1. The van der Waals surface area contributed by atoms with Crippen molar-refractivity contribution in [3.63, 3.8) is 0 Å². The SMILES string of the molecule is COC(=O)c1ccc(Cn2cc(Br)cn2)s1. The molecule has 0 fully saturated rings. The first kappa shape index (κ1) is 11.3. The molecule has 0 unspecified atom stereocenters. The summed E-state index contributed by atoms with van der Waals surface area (Å²) in [5.41, 5.74) is 0. The third-order valence-corrected chi connectivity index (χ3v) is 3.43. The van der Waals surface area contributed by atoms with Crippen molar-refractivity contribution in [3.05, 3.63) is 38.8 Å². The Morgan fingerprint density at radius 2 is 2.44 bits per heavy atom. The molecule has 84 valence electrons. The van der Waals surface area contributed by atoms with Gasteiger partial charge in [0, 0.05) is 11.1 Å². The highest BCUT2D eigenvalue weighted by Gasteiger charge is 2.09. The van der Waals surface area contributed by atoms with Gasteiger partial charge in [0.05, 0.1) is 24.3 Å². The molecule has 0 radical (unpaired) electrons. The molecule has 0 saturated carbocycles. The lowest BCUT2D eigenvalue weighted by molar-refractivity contribution is 0.0606. The van der Waals surface area contributed by atoms with E-state index in [1.54, 1.807) is 16.9 Å². The maximum atomic E-state index is 11.2. The van der Waals surface area contributed by atoms with E-state index in [4.69, 9.17) is 0 Å². The van der Waals surface area contributed by atoms with E-state index in [1.165, 1.54) is 18.4 Å². The molecule has 2 rings (SSSR count). The maximum Gasteiger partial charge on any atom is 0.348 e. The van der Waals surface area contributed by atoms with Crippen molar-refractivity contribution in [2.45, 2.75) is 6.54 Å². The Labute approximate surface area is 105 Å². The molecule has 4 nitrogen and oxygen atoms in total. The van der Waals surface area contributed by atoms with Gasteiger partial charge in [-0.3, -0.25) is 4.68 Å². The van der Waals surface area contributed by atoms with Gasteiger partial charge in [-0.25, -0.2) is 4.79 Å².